The number of hydrogen-bond acceptors (Lipinski definition) is 3. The van der Waals surface area contributed by atoms with Gasteiger partial charge in [0, 0.05) is 19.6 Å². The minimum atomic E-state index is -3.47. The highest BCUT2D eigenvalue weighted by molar-refractivity contribution is 7.86. The van der Waals surface area contributed by atoms with Crippen LogP contribution in [0.4, 0.5) is 0 Å². The van der Waals surface area contributed by atoms with Gasteiger partial charge >= 0.3 is 0 Å². The first kappa shape index (κ1) is 14.7. The lowest BCUT2D eigenvalue weighted by atomic mass is 10.0. The third-order valence-corrected chi connectivity index (χ3v) is 6.07. The lowest BCUT2D eigenvalue weighted by Crippen LogP contribution is -2.56. The van der Waals surface area contributed by atoms with Gasteiger partial charge in [-0.25, -0.2) is 0 Å². The average molecular weight is 288 g/mol. The van der Waals surface area contributed by atoms with E-state index in [-0.39, 0.29) is 5.84 Å². The molecule has 0 saturated carbocycles. The molecule has 2 aliphatic rings. The van der Waals surface area contributed by atoms with Crippen LogP contribution in [0.5, 0.6) is 0 Å². The summed E-state index contributed by atoms with van der Waals surface area (Å²) in [6, 6.07) is -0.448. The number of rotatable bonds is 3. The molecule has 2 heterocycles. The molecule has 0 aromatic heterocycles. The summed E-state index contributed by atoms with van der Waals surface area (Å²) in [5.74, 6) is 0.373. The van der Waals surface area contributed by atoms with E-state index in [1.54, 1.807) is 4.31 Å². The fraction of sp³-hybridized carbons (Fsp3) is 0.917. The van der Waals surface area contributed by atoms with Crippen molar-refractivity contribution in [3.63, 3.8) is 0 Å². The monoisotopic (exact) mass is 288 g/mol. The van der Waals surface area contributed by atoms with E-state index in [0.717, 1.165) is 25.7 Å². The Balaban J connectivity index is 2.19. The summed E-state index contributed by atoms with van der Waals surface area (Å²) < 4.78 is 28.4. The van der Waals surface area contributed by atoms with Gasteiger partial charge in [-0.3, -0.25) is 5.41 Å². The second kappa shape index (κ2) is 5.76. The van der Waals surface area contributed by atoms with Gasteiger partial charge in [-0.15, -0.1) is 0 Å². The zero-order chi connectivity index (χ0) is 14.0. The van der Waals surface area contributed by atoms with Gasteiger partial charge in [0.25, 0.3) is 10.2 Å². The minimum absolute atomic E-state index is 0.0340. The third-order valence-electron chi connectivity index (χ3n) is 4.06. The van der Waals surface area contributed by atoms with Crippen molar-refractivity contribution in [3.05, 3.63) is 0 Å². The van der Waals surface area contributed by atoms with Gasteiger partial charge in [-0.05, 0) is 31.6 Å². The van der Waals surface area contributed by atoms with Crippen LogP contribution in [-0.2, 0) is 10.2 Å². The fourth-order valence-electron chi connectivity index (χ4n) is 3.00. The molecule has 2 rings (SSSR count). The van der Waals surface area contributed by atoms with Gasteiger partial charge < -0.3 is 5.73 Å². The van der Waals surface area contributed by atoms with Crippen molar-refractivity contribution < 1.29 is 8.42 Å². The standard InChI is InChI=1S/C12H24N4O2S/c1-10-5-4-7-15(9-10)19(17,18)16-8-3-2-6-11(16)12(13)14/h10-11H,2-9H2,1H3,(H3,13,14). The Labute approximate surface area is 115 Å². The van der Waals surface area contributed by atoms with Crippen molar-refractivity contribution in [2.24, 2.45) is 11.7 Å². The molecule has 0 aromatic carbocycles. The number of amidine groups is 1. The first-order chi connectivity index (χ1) is 8.93. The Morgan fingerprint density at radius 1 is 1.21 bits per heavy atom. The molecule has 0 spiro atoms. The molecule has 0 aliphatic carbocycles. The van der Waals surface area contributed by atoms with Crippen LogP contribution in [0.15, 0.2) is 0 Å². The highest BCUT2D eigenvalue weighted by Crippen LogP contribution is 2.26. The third kappa shape index (κ3) is 3.09. The summed E-state index contributed by atoms with van der Waals surface area (Å²) in [7, 11) is -3.47. The van der Waals surface area contributed by atoms with Crippen molar-refractivity contribution in [2.75, 3.05) is 19.6 Å². The highest BCUT2D eigenvalue weighted by atomic mass is 32.2. The molecule has 2 unspecified atom stereocenters. The van der Waals surface area contributed by atoms with Gasteiger partial charge in [-0.1, -0.05) is 13.3 Å². The largest absolute Gasteiger partial charge is 0.386 e. The number of nitrogens with zero attached hydrogens (tertiary/aromatic N) is 2. The first-order valence-corrected chi connectivity index (χ1v) is 8.43. The summed E-state index contributed by atoms with van der Waals surface area (Å²) in [5.41, 5.74) is 5.57. The van der Waals surface area contributed by atoms with Crippen molar-refractivity contribution in [3.8, 4) is 0 Å². The molecular weight excluding hydrogens is 264 g/mol. The molecule has 2 atom stereocenters. The second-order valence-electron chi connectivity index (χ2n) is 5.69. The number of hydrogen-bond donors (Lipinski definition) is 2. The van der Waals surface area contributed by atoms with Gasteiger partial charge in [0.1, 0.15) is 5.84 Å². The summed E-state index contributed by atoms with van der Waals surface area (Å²) in [6.45, 7) is 3.75. The summed E-state index contributed by atoms with van der Waals surface area (Å²) in [5, 5.41) is 7.61. The predicted molar refractivity (Wildman–Crippen MR) is 75.1 cm³/mol. The lowest BCUT2D eigenvalue weighted by Gasteiger charge is -2.39. The summed E-state index contributed by atoms with van der Waals surface area (Å²) >= 11 is 0. The van der Waals surface area contributed by atoms with Crippen LogP contribution in [0.25, 0.3) is 0 Å². The molecule has 0 bridgehead atoms. The van der Waals surface area contributed by atoms with E-state index in [4.69, 9.17) is 11.1 Å². The molecule has 0 radical (unpaired) electrons. The zero-order valence-corrected chi connectivity index (χ0v) is 12.3. The zero-order valence-electron chi connectivity index (χ0n) is 11.5. The molecule has 0 aromatic rings. The van der Waals surface area contributed by atoms with Crippen molar-refractivity contribution in [2.45, 2.75) is 45.1 Å². The van der Waals surface area contributed by atoms with Gasteiger partial charge in [0.05, 0.1) is 6.04 Å². The predicted octanol–water partition coefficient (Wildman–Crippen LogP) is 0.754. The average Bonchev–Trinajstić information content (AvgIpc) is 2.38. The molecule has 110 valence electrons. The van der Waals surface area contributed by atoms with Crippen molar-refractivity contribution >= 4 is 16.0 Å². The van der Waals surface area contributed by atoms with Crippen LogP contribution in [0.2, 0.25) is 0 Å². The fourth-order valence-corrected chi connectivity index (χ4v) is 5.00. The summed E-state index contributed by atoms with van der Waals surface area (Å²) in [4.78, 5) is 0. The Hall–Kier alpha value is -0.660. The smallest absolute Gasteiger partial charge is 0.282 e. The van der Waals surface area contributed by atoms with Crippen LogP contribution in [0.1, 0.15) is 39.0 Å². The SMILES string of the molecule is CC1CCCN(S(=O)(=O)N2CCCCC2C(=N)N)C1. The topological polar surface area (TPSA) is 90.5 Å². The van der Waals surface area contributed by atoms with Crippen molar-refractivity contribution in [1.29, 1.82) is 5.41 Å². The second-order valence-corrected chi connectivity index (χ2v) is 7.57. The van der Waals surface area contributed by atoms with E-state index in [2.05, 4.69) is 6.92 Å². The van der Waals surface area contributed by atoms with E-state index in [1.165, 1.54) is 4.31 Å². The maximum atomic E-state index is 12.7. The molecule has 7 heteroatoms. The molecule has 2 saturated heterocycles. The molecule has 0 amide bonds. The molecule has 19 heavy (non-hydrogen) atoms. The van der Waals surface area contributed by atoms with E-state index >= 15 is 0 Å². The molecule has 6 nitrogen and oxygen atoms in total. The van der Waals surface area contributed by atoms with E-state index in [1.807, 2.05) is 0 Å². The van der Waals surface area contributed by atoms with Gasteiger partial charge in [0.15, 0.2) is 0 Å². The number of nitrogens with two attached hydrogens (primary N) is 1. The molecule has 2 aliphatic heterocycles. The van der Waals surface area contributed by atoms with E-state index in [9.17, 15) is 8.42 Å². The van der Waals surface area contributed by atoms with Crippen LogP contribution in [0, 0.1) is 11.3 Å². The Morgan fingerprint density at radius 3 is 2.58 bits per heavy atom. The normalized spacial score (nSPS) is 31.2. The van der Waals surface area contributed by atoms with Crippen LogP contribution in [-0.4, -0.2) is 48.5 Å². The Bertz CT molecular complexity index is 437. The van der Waals surface area contributed by atoms with Crippen molar-refractivity contribution in [1.82, 2.24) is 8.61 Å². The van der Waals surface area contributed by atoms with Crippen LogP contribution in [0.3, 0.4) is 0 Å². The number of nitrogens with one attached hydrogen (secondary N) is 1. The number of piperidine rings is 2. The Kier molecular flexibility index (Phi) is 4.47. The summed E-state index contributed by atoms with van der Waals surface area (Å²) in [6.07, 6.45) is 4.46. The molecule has 3 N–H and O–H groups in total. The van der Waals surface area contributed by atoms with E-state index < -0.39 is 16.3 Å². The minimum Gasteiger partial charge on any atom is -0.386 e. The highest BCUT2D eigenvalue weighted by Gasteiger charge is 2.39. The Morgan fingerprint density at radius 2 is 1.95 bits per heavy atom. The van der Waals surface area contributed by atoms with Gasteiger partial charge in [-0.2, -0.15) is 17.0 Å². The van der Waals surface area contributed by atoms with Crippen LogP contribution < -0.4 is 5.73 Å². The molecule has 2 fully saturated rings. The van der Waals surface area contributed by atoms with E-state index in [0.29, 0.717) is 32.0 Å². The first-order valence-electron chi connectivity index (χ1n) is 7.03. The van der Waals surface area contributed by atoms with Gasteiger partial charge in [0.2, 0.25) is 0 Å². The quantitative estimate of drug-likeness (QED) is 0.593. The maximum Gasteiger partial charge on any atom is 0.282 e. The maximum absolute atomic E-state index is 12.7. The van der Waals surface area contributed by atoms with Crippen LogP contribution >= 0.6 is 0 Å². The lowest BCUT2D eigenvalue weighted by molar-refractivity contribution is 0.234. The molecular formula is C12H24N4O2S.